The third-order valence-electron chi connectivity index (χ3n) is 4.70. The quantitative estimate of drug-likeness (QED) is 0.546. The Kier molecular flexibility index (Phi) is 5.03. The Morgan fingerprint density at radius 2 is 1.59 bits per heavy atom. The Hall–Kier alpha value is -3.99. The van der Waals surface area contributed by atoms with Crippen LogP contribution >= 0.6 is 0 Å². The molecular formula is C24H18N2O3. The largest absolute Gasteiger partial charge is 0.507 e. The van der Waals surface area contributed by atoms with Crippen LogP contribution in [0.4, 0.5) is 0 Å². The number of aliphatic hydroxyl groups is 1. The number of hydrogen-bond acceptors (Lipinski definition) is 4. The summed E-state index contributed by atoms with van der Waals surface area (Å²) in [5.41, 5.74) is 2.22. The van der Waals surface area contributed by atoms with E-state index in [9.17, 15) is 14.7 Å². The summed E-state index contributed by atoms with van der Waals surface area (Å²) in [5, 5.41) is 10.9. The van der Waals surface area contributed by atoms with Gasteiger partial charge in [-0.15, -0.1) is 0 Å². The SMILES string of the molecule is O=C1C(=Cc2ccccn2)C(O)=C(c2ccccc2)CN1C(=O)c1ccccc1. The van der Waals surface area contributed by atoms with Crippen LogP contribution in [0.25, 0.3) is 11.6 Å². The predicted octanol–water partition coefficient (Wildman–Crippen LogP) is 4.12. The van der Waals surface area contributed by atoms with Crippen molar-refractivity contribution < 1.29 is 14.7 Å². The molecule has 5 nitrogen and oxygen atoms in total. The normalized spacial score (nSPS) is 15.7. The van der Waals surface area contributed by atoms with Crippen LogP contribution in [-0.4, -0.2) is 33.3 Å². The van der Waals surface area contributed by atoms with E-state index in [4.69, 9.17) is 0 Å². The van der Waals surface area contributed by atoms with E-state index in [1.807, 2.05) is 36.4 Å². The number of aromatic nitrogens is 1. The summed E-state index contributed by atoms with van der Waals surface area (Å²) in [6, 6.07) is 23.2. The summed E-state index contributed by atoms with van der Waals surface area (Å²) >= 11 is 0. The van der Waals surface area contributed by atoms with Crippen molar-refractivity contribution in [3.63, 3.8) is 0 Å². The molecule has 1 aliphatic heterocycles. The molecular weight excluding hydrogens is 364 g/mol. The standard InChI is InChI=1S/C24H18N2O3/c27-22-20(15-19-13-7-8-14-25-19)24(29)26(23(28)18-11-5-2-6-12-18)16-21(22)17-9-3-1-4-10-17/h1-15,27H,16H2. The summed E-state index contributed by atoms with van der Waals surface area (Å²) in [7, 11) is 0. The highest BCUT2D eigenvalue weighted by atomic mass is 16.3. The zero-order valence-corrected chi connectivity index (χ0v) is 15.5. The predicted molar refractivity (Wildman–Crippen MR) is 111 cm³/mol. The van der Waals surface area contributed by atoms with Crippen LogP contribution in [0.2, 0.25) is 0 Å². The van der Waals surface area contributed by atoms with E-state index >= 15 is 0 Å². The molecule has 0 bridgehead atoms. The highest BCUT2D eigenvalue weighted by molar-refractivity contribution is 6.16. The zero-order chi connectivity index (χ0) is 20.2. The third-order valence-corrected chi connectivity index (χ3v) is 4.70. The van der Waals surface area contributed by atoms with Gasteiger partial charge in [-0.2, -0.15) is 0 Å². The van der Waals surface area contributed by atoms with Gasteiger partial charge in [0.2, 0.25) is 0 Å². The molecule has 2 aromatic carbocycles. The van der Waals surface area contributed by atoms with Gasteiger partial charge in [-0.1, -0.05) is 54.6 Å². The van der Waals surface area contributed by atoms with E-state index in [0.717, 1.165) is 10.5 Å². The summed E-state index contributed by atoms with van der Waals surface area (Å²) in [4.78, 5) is 31.6. The van der Waals surface area contributed by atoms with Gasteiger partial charge in [-0.05, 0) is 35.9 Å². The van der Waals surface area contributed by atoms with Crippen LogP contribution in [0, 0.1) is 0 Å². The van der Waals surface area contributed by atoms with Crippen molar-refractivity contribution in [2.24, 2.45) is 0 Å². The first-order valence-corrected chi connectivity index (χ1v) is 9.17. The Morgan fingerprint density at radius 3 is 2.24 bits per heavy atom. The number of carbonyl (C=O) groups excluding carboxylic acids is 2. The van der Waals surface area contributed by atoms with Gasteiger partial charge in [0, 0.05) is 17.3 Å². The van der Waals surface area contributed by atoms with Crippen LogP contribution in [0.1, 0.15) is 21.6 Å². The van der Waals surface area contributed by atoms with Gasteiger partial charge < -0.3 is 5.11 Å². The minimum Gasteiger partial charge on any atom is -0.507 e. The molecule has 2 amide bonds. The molecule has 0 saturated carbocycles. The highest BCUT2D eigenvalue weighted by Crippen LogP contribution is 2.31. The van der Waals surface area contributed by atoms with E-state index in [1.54, 1.807) is 48.7 Å². The van der Waals surface area contributed by atoms with Crippen molar-refractivity contribution >= 4 is 23.5 Å². The van der Waals surface area contributed by atoms with E-state index in [1.165, 1.54) is 6.08 Å². The molecule has 0 aliphatic carbocycles. The Morgan fingerprint density at radius 1 is 0.931 bits per heavy atom. The van der Waals surface area contributed by atoms with Crippen molar-refractivity contribution in [1.29, 1.82) is 0 Å². The summed E-state index contributed by atoms with van der Waals surface area (Å²) in [5.74, 6) is -1.10. The van der Waals surface area contributed by atoms with Crippen LogP contribution in [0.5, 0.6) is 0 Å². The topological polar surface area (TPSA) is 70.5 Å². The lowest BCUT2D eigenvalue weighted by Gasteiger charge is -2.29. The molecule has 0 saturated heterocycles. The molecule has 29 heavy (non-hydrogen) atoms. The first-order valence-electron chi connectivity index (χ1n) is 9.17. The molecule has 4 rings (SSSR count). The molecule has 1 N–H and O–H groups in total. The first-order chi connectivity index (χ1) is 14.1. The number of nitrogens with zero attached hydrogens (tertiary/aromatic N) is 2. The zero-order valence-electron chi connectivity index (χ0n) is 15.5. The van der Waals surface area contributed by atoms with E-state index in [0.29, 0.717) is 16.8 Å². The van der Waals surface area contributed by atoms with Crippen LogP contribution in [0.3, 0.4) is 0 Å². The van der Waals surface area contributed by atoms with Gasteiger partial charge in [-0.25, -0.2) is 0 Å². The van der Waals surface area contributed by atoms with Crippen molar-refractivity contribution in [3.8, 4) is 0 Å². The van der Waals surface area contributed by atoms with Gasteiger partial charge in [0.05, 0.1) is 17.8 Å². The molecule has 0 atom stereocenters. The average molecular weight is 382 g/mol. The summed E-state index contributed by atoms with van der Waals surface area (Å²) in [6.45, 7) is -0.0119. The second-order valence-corrected chi connectivity index (χ2v) is 6.57. The Balaban J connectivity index is 1.83. The second kappa shape index (κ2) is 7.94. The average Bonchev–Trinajstić information content (AvgIpc) is 2.78. The van der Waals surface area contributed by atoms with Gasteiger partial charge in [0.25, 0.3) is 11.8 Å². The monoisotopic (exact) mass is 382 g/mol. The molecule has 1 aromatic heterocycles. The van der Waals surface area contributed by atoms with Crippen molar-refractivity contribution in [2.45, 2.75) is 0 Å². The number of imide groups is 1. The Bertz CT molecular complexity index is 1100. The molecule has 142 valence electrons. The van der Waals surface area contributed by atoms with Gasteiger partial charge in [0.1, 0.15) is 5.76 Å². The number of carbonyl (C=O) groups is 2. The minimum atomic E-state index is -0.554. The van der Waals surface area contributed by atoms with E-state index in [2.05, 4.69) is 4.98 Å². The number of benzene rings is 2. The minimum absolute atomic E-state index is 0.0119. The molecule has 3 aromatic rings. The van der Waals surface area contributed by atoms with Crippen LogP contribution in [0.15, 0.2) is 96.4 Å². The molecule has 0 radical (unpaired) electrons. The van der Waals surface area contributed by atoms with Gasteiger partial charge >= 0.3 is 0 Å². The molecule has 5 heteroatoms. The number of rotatable bonds is 3. The lowest BCUT2D eigenvalue weighted by molar-refractivity contribution is -0.124. The lowest BCUT2D eigenvalue weighted by Crippen LogP contribution is -2.42. The summed E-state index contributed by atoms with van der Waals surface area (Å²) < 4.78 is 0. The number of aliphatic hydroxyl groups excluding tert-OH is 1. The first kappa shape index (κ1) is 18.4. The third kappa shape index (κ3) is 3.71. The Labute approximate surface area is 168 Å². The number of hydrogen-bond donors (Lipinski definition) is 1. The maximum atomic E-state index is 13.1. The fourth-order valence-corrected chi connectivity index (χ4v) is 3.22. The van der Waals surface area contributed by atoms with Crippen molar-refractivity contribution in [3.05, 3.63) is 113 Å². The molecule has 1 aliphatic rings. The van der Waals surface area contributed by atoms with Crippen molar-refractivity contribution in [1.82, 2.24) is 9.88 Å². The maximum Gasteiger partial charge on any atom is 0.264 e. The molecule has 2 heterocycles. The highest BCUT2D eigenvalue weighted by Gasteiger charge is 2.35. The lowest BCUT2D eigenvalue weighted by atomic mass is 9.94. The number of amides is 2. The second-order valence-electron chi connectivity index (χ2n) is 6.57. The maximum absolute atomic E-state index is 13.1. The fraction of sp³-hybridized carbons (Fsp3) is 0.0417. The number of pyridine rings is 1. The van der Waals surface area contributed by atoms with E-state index < -0.39 is 11.8 Å². The fourth-order valence-electron chi connectivity index (χ4n) is 3.22. The molecule has 0 spiro atoms. The van der Waals surface area contributed by atoms with Crippen LogP contribution in [-0.2, 0) is 4.79 Å². The van der Waals surface area contributed by atoms with Gasteiger partial charge in [0.15, 0.2) is 0 Å². The van der Waals surface area contributed by atoms with Crippen LogP contribution < -0.4 is 0 Å². The van der Waals surface area contributed by atoms with E-state index in [-0.39, 0.29) is 17.9 Å². The molecule has 0 unspecified atom stereocenters. The van der Waals surface area contributed by atoms with Gasteiger partial charge in [-0.3, -0.25) is 19.5 Å². The molecule has 0 fully saturated rings. The smallest absolute Gasteiger partial charge is 0.264 e. The summed E-state index contributed by atoms with van der Waals surface area (Å²) in [6.07, 6.45) is 3.11. The van der Waals surface area contributed by atoms with Crippen molar-refractivity contribution in [2.75, 3.05) is 6.54 Å².